The zero-order valence-electron chi connectivity index (χ0n) is 12.3. The molecular weight excluding hydrogens is 264 g/mol. The second-order valence-corrected chi connectivity index (χ2v) is 12.0. The fourth-order valence-electron chi connectivity index (χ4n) is 2.41. The first-order chi connectivity index (χ1) is 8.58. The molecule has 5 nitrogen and oxygen atoms in total. The lowest BCUT2D eigenvalue weighted by atomic mass is 10.1. The highest BCUT2D eigenvalue weighted by Gasteiger charge is 2.50. The molecule has 2 rings (SSSR count). The van der Waals surface area contributed by atoms with Gasteiger partial charge in [0.1, 0.15) is 19.6 Å². The van der Waals surface area contributed by atoms with Gasteiger partial charge >= 0.3 is 0 Å². The van der Waals surface area contributed by atoms with Gasteiger partial charge in [0.05, 0.1) is 12.2 Å². The molecular formula is C13H24O5Si. The molecule has 19 heavy (non-hydrogen) atoms. The molecule has 2 saturated heterocycles. The van der Waals surface area contributed by atoms with Crippen LogP contribution in [0.3, 0.4) is 0 Å². The largest absolute Gasteiger partial charge is 0.390 e. The van der Waals surface area contributed by atoms with E-state index in [0.717, 1.165) is 0 Å². The highest BCUT2D eigenvalue weighted by atomic mass is 28.3. The first-order valence-electron chi connectivity index (χ1n) is 6.81. The van der Waals surface area contributed by atoms with Gasteiger partial charge in [-0.25, -0.2) is 0 Å². The maximum absolute atomic E-state index is 12.0. The average molecular weight is 288 g/mol. The molecule has 2 aliphatic heterocycles. The first-order valence-corrected chi connectivity index (χ1v) is 10.3. The SMILES string of the molecule is CC1(C)O[C@H]2O[C@H]([C@H](O)CC(=O)[Si](C)(C)C)C[C@H]2O1. The van der Waals surface area contributed by atoms with Crippen LogP contribution < -0.4 is 0 Å². The van der Waals surface area contributed by atoms with Crippen LogP contribution in [0.5, 0.6) is 0 Å². The van der Waals surface area contributed by atoms with Crippen molar-refractivity contribution < 1.29 is 24.1 Å². The number of hydrogen-bond acceptors (Lipinski definition) is 5. The molecule has 0 unspecified atom stereocenters. The van der Waals surface area contributed by atoms with E-state index in [4.69, 9.17) is 14.2 Å². The second-order valence-electron chi connectivity index (χ2n) is 6.90. The van der Waals surface area contributed by atoms with Crippen LogP contribution >= 0.6 is 0 Å². The standard InChI is InChI=1S/C13H24O5Si/c1-13(2)17-10-7-9(16-12(10)18-13)8(14)6-11(15)19(3,4)5/h8-10,12,14H,6-7H2,1-5H3/t8-,9+,10-,12-/m1/s1. The van der Waals surface area contributed by atoms with E-state index in [1.54, 1.807) is 0 Å². The maximum atomic E-state index is 12.0. The highest BCUT2D eigenvalue weighted by molar-refractivity contribution is 7.03. The van der Waals surface area contributed by atoms with Crippen molar-refractivity contribution in [1.29, 1.82) is 0 Å². The average Bonchev–Trinajstić information content (AvgIpc) is 2.69. The van der Waals surface area contributed by atoms with E-state index < -0.39 is 26.3 Å². The third-order valence-electron chi connectivity index (χ3n) is 3.57. The lowest BCUT2D eigenvalue weighted by Crippen LogP contribution is -2.39. The van der Waals surface area contributed by atoms with Gasteiger partial charge in [-0.3, -0.25) is 0 Å². The summed E-state index contributed by atoms with van der Waals surface area (Å²) in [7, 11) is -1.84. The quantitative estimate of drug-likeness (QED) is 0.793. The number of carbonyl (C=O) groups is 1. The number of ether oxygens (including phenoxy) is 3. The summed E-state index contributed by atoms with van der Waals surface area (Å²) in [5, 5.41) is 10.3. The van der Waals surface area contributed by atoms with Gasteiger partial charge in [-0.05, 0) is 13.8 Å². The second kappa shape index (κ2) is 4.93. The number of hydrogen-bond donors (Lipinski definition) is 1. The third kappa shape index (κ3) is 3.44. The van der Waals surface area contributed by atoms with E-state index in [1.807, 2.05) is 33.5 Å². The summed E-state index contributed by atoms with van der Waals surface area (Å²) in [5.41, 5.74) is 0. The highest BCUT2D eigenvalue weighted by Crippen LogP contribution is 2.38. The zero-order valence-corrected chi connectivity index (χ0v) is 13.3. The Hall–Kier alpha value is -0.273. The third-order valence-corrected chi connectivity index (χ3v) is 5.45. The van der Waals surface area contributed by atoms with Crippen LogP contribution in [0.2, 0.25) is 19.6 Å². The van der Waals surface area contributed by atoms with Crippen molar-refractivity contribution in [3.63, 3.8) is 0 Å². The van der Waals surface area contributed by atoms with Crippen molar-refractivity contribution in [3.8, 4) is 0 Å². The van der Waals surface area contributed by atoms with Crippen LogP contribution in [-0.4, -0.2) is 49.0 Å². The minimum atomic E-state index is -1.84. The van der Waals surface area contributed by atoms with Gasteiger partial charge in [0, 0.05) is 12.8 Å². The Bertz CT molecular complexity index is 347. The van der Waals surface area contributed by atoms with Gasteiger partial charge in [-0.2, -0.15) is 0 Å². The zero-order chi connectivity index (χ0) is 14.4. The minimum absolute atomic E-state index is 0.142. The lowest BCUT2D eigenvalue weighted by molar-refractivity contribution is -0.214. The molecule has 0 saturated carbocycles. The Labute approximate surface area is 115 Å². The van der Waals surface area contributed by atoms with E-state index in [0.29, 0.717) is 6.42 Å². The fourth-order valence-corrected chi connectivity index (χ4v) is 3.23. The van der Waals surface area contributed by atoms with E-state index in [2.05, 4.69) is 0 Å². The first kappa shape index (κ1) is 15.1. The molecule has 0 aliphatic carbocycles. The normalized spacial score (nSPS) is 35.2. The summed E-state index contributed by atoms with van der Waals surface area (Å²) in [6, 6.07) is 0. The minimum Gasteiger partial charge on any atom is -0.390 e. The topological polar surface area (TPSA) is 65.0 Å². The van der Waals surface area contributed by atoms with Crippen LogP contribution in [0.25, 0.3) is 0 Å². The molecule has 2 fully saturated rings. The van der Waals surface area contributed by atoms with Crippen molar-refractivity contribution in [1.82, 2.24) is 0 Å². The number of carbonyl (C=O) groups excluding carboxylic acids is 1. The van der Waals surface area contributed by atoms with Gasteiger partial charge in [0.15, 0.2) is 12.1 Å². The van der Waals surface area contributed by atoms with Gasteiger partial charge in [0.2, 0.25) is 0 Å². The van der Waals surface area contributed by atoms with Crippen LogP contribution in [0.4, 0.5) is 0 Å². The molecule has 4 atom stereocenters. The van der Waals surface area contributed by atoms with Gasteiger partial charge in [-0.15, -0.1) is 0 Å². The number of aliphatic hydroxyl groups excluding tert-OH is 1. The van der Waals surface area contributed by atoms with Gasteiger partial charge in [0.25, 0.3) is 0 Å². The predicted molar refractivity (Wildman–Crippen MR) is 72.3 cm³/mol. The van der Waals surface area contributed by atoms with Gasteiger partial charge < -0.3 is 24.1 Å². The summed E-state index contributed by atoms with van der Waals surface area (Å²) < 4.78 is 16.9. The molecule has 0 bridgehead atoms. The Morgan fingerprint density at radius 2 is 2.00 bits per heavy atom. The van der Waals surface area contributed by atoms with Crippen LogP contribution in [0, 0.1) is 0 Å². The Morgan fingerprint density at radius 1 is 1.37 bits per heavy atom. The van der Waals surface area contributed by atoms with Crippen LogP contribution in [0.1, 0.15) is 26.7 Å². The molecule has 0 amide bonds. The summed E-state index contributed by atoms with van der Waals surface area (Å²) in [5.74, 6) is -0.626. The fraction of sp³-hybridized carbons (Fsp3) is 0.923. The van der Waals surface area contributed by atoms with Crippen molar-refractivity contribution >= 4 is 13.5 Å². The van der Waals surface area contributed by atoms with Crippen molar-refractivity contribution in [3.05, 3.63) is 0 Å². The summed E-state index contributed by atoms with van der Waals surface area (Å²) in [4.78, 5) is 12.0. The molecule has 110 valence electrons. The van der Waals surface area contributed by atoms with Gasteiger partial charge in [-0.1, -0.05) is 19.6 Å². The number of aliphatic hydroxyl groups is 1. The van der Waals surface area contributed by atoms with E-state index in [1.165, 1.54) is 0 Å². The number of fused-ring (bicyclic) bond motifs is 1. The molecule has 0 aromatic rings. The molecule has 1 N–H and O–H groups in total. The summed E-state index contributed by atoms with van der Waals surface area (Å²) >= 11 is 0. The van der Waals surface area contributed by atoms with E-state index >= 15 is 0 Å². The lowest BCUT2D eigenvalue weighted by Gasteiger charge is -2.24. The molecule has 0 spiro atoms. The smallest absolute Gasteiger partial charge is 0.187 e. The Morgan fingerprint density at radius 3 is 2.53 bits per heavy atom. The Kier molecular flexibility index (Phi) is 3.92. The number of rotatable bonds is 4. The molecule has 0 aromatic carbocycles. The van der Waals surface area contributed by atoms with Crippen molar-refractivity contribution in [2.75, 3.05) is 0 Å². The monoisotopic (exact) mass is 288 g/mol. The van der Waals surface area contributed by atoms with Crippen LogP contribution in [-0.2, 0) is 19.0 Å². The predicted octanol–water partition coefficient (Wildman–Crippen LogP) is 1.45. The van der Waals surface area contributed by atoms with Crippen molar-refractivity contribution in [2.24, 2.45) is 0 Å². The summed E-state index contributed by atoms with van der Waals surface area (Å²) in [6.45, 7) is 9.65. The Balaban J connectivity index is 1.88. The summed E-state index contributed by atoms with van der Waals surface area (Å²) in [6.07, 6.45) is -0.947. The molecule has 6 heteroatoms. The van der Waals surface area contributed by atoms with Crippen molar-refractivity contribution in [2.45, 2.75) is 76.7 Å². The molecule has 2 aliphatic rings. The maximum Gasteiger partial charge on any atom is 0.187 e. The molecule has 2 heterocycles. The van der Waals surface area contributed by atoms with Crippen LogP contribution in [0.15, 0.2) is 0 Å². The molecule has 0 aromatic heterocycles. The molecule has 0 radical (unpaired) electrons. The van der Waals surface area contributed by atoms with E-state index in [9.17, 15) is 9.90 Å². The van der Waals surface area contributed by atoms with E-state index in [-0.39, 0.29) is 24.0 Å².